The number of pyridine rings is 1. The van der Waals surface area contributed by atoms with Crippen molar-refractivity contribution in [3.8, 4) is 11.3 Å². The van der Waals surface area contributed by atoms with Crippen molar-refractivity contribution in [2.75, 3.05) is 31.6 Å². The molecule has 6 heteroatoms. The zero-order valence-electron chi connectivity index (χ0n) is 18.8. The van der Waals surface area contributed by atoms with Crippen molar-refractivity contribution in [1.29, 1.82) is 0 Å². The molecule has 5 nitrogen and oxygen atoms in total. The third-order valence-electron chi connectivity index (χ3n) is 5.94. The van der Waals surface area contributed by atoms with Crippen molar-refractivity contribution in [3.63, 3.8) is 0 Å². The lowest BCUT2D eigenvalue weighted by Gasteiger charge is -2.31. The maximum Gasteiger partial charge on any atom is 0.259 e. The minimum absolute atomic E-state index is 0.107. The Kier molecular flexibility index (Phi) is 6.63. The zero-order valence-corrected chi connectivity index (χ0v) is 18.8. The second kappa shape index (κ2) is 9.59. The molecular weight excluding hydrogens is 403 g/mol. The van der Waals surface area contributed by atoms with Crippen LogP contribution in [0.1, 0.15) is 28.5 Å². The van der Waals surface area contributed by atoms with Crippen LogP contribution in [-0.2, 0) is 6.54 Å². The number of hydrogen-bond donors (Lipinski definition) is 1. The van der Waals surface area contributed by atoms with Crippen LogP contribution in [0.5, 0.6) is 0 Å². The molecule has 0 unspecified atom stereocenters. The lowest BCUT2D eigenvalue weighted by atomic mass is 10.1. The second-order valence-electron chi connectivity index (χ2n) is 8.46. The number of carbonyl (C=O) groups is 1. The molecule has 0 radical (unpaired) electrons. The zero-order chi connectivity index (χ0) is 22.7. The molecule has 4 rings (SSSR count). The average molecular weight is 433 g/mol. The van der Waals surface area contributed by atoms with Crippen molar-refractivity contribution in [1.82, 2.24) is 15.2 Å². The molecule has 0 spiro atoms. The summed E-state index contributed by atoms with van der Waals surface area (Å²) >= 11 is 0. The largest absolute Gasteiger partial charge is 0.312 e. The normalized spacial score (nSPS) is 16.7. The number of nitrogens with zero attached hydrogens (tertiary/aromatic N) is 3. The molecule has 0 aliphatic carbocycles. The smallest absolute Gasteiger partial charge is 0.259 e. The number of benzene rings is 2. The Bertz CT molecular complexity index is 1080. The Morgan fingerprint density at radius 2 is 1.84 bits per heavy atom. The maximum atomic E-state index is 13.2. The van der Waals surface area contributed by atoms with Gasteiger partial charge in [0.25, 0.3) is 5.91 Å². The molecule has 166 valence electrons. The van der Waals surface area contributed by atoms with Gasteiger partial charge in [-0.3, -0.25) is 14.7 Å². The Hall–Kier alpha value is -3.09. The van der Waals surface area contributed by atoms with Crippen molar-refractivity contribution in [2.45, 2.75) is 26.4 Å². The van der Waals surface area contributed by atoms with Gasteiger partial charge in [0.15, 0.2) is 0 Å². The molecule has 1 saturated heterocycles. The number of hydrogen-bond acceptors (Lipinski definition) is 4. The van der Waals surface area contributed by atoms with E-state index in [-0.39, 0.29) is 11.7 Å². The van der Waals surface area contributed by atoms with Crippen LogP contribution < -0.4 is 10.2 Å². The number of carbonyl (C=O) groups excluding carboxylic acids is 1. The molecule has 2 aromatic carbocycles. The first-order valence-corrected chi connectivity index (χ1v) is 11.0. The Labute approximate surface area is 188 Å². The SMILES string of the molecule is Cc1nc(-c2ccc(F)cc2)ccc1C(=O)N(C)c1ccc(CN2CCN[C@H](C)C2)cc1. The number of halogens is 1. The van der Waals surface area contributed by atoms with E-state index in [1.165, 1.54) is 17.7 Å². The monoisotopic (exact) mass is 432 g/mol. The van der Waals surface area contributed by atoms with Gasteiger partial charge in [0.1, 0.15) is 5.82 Å². The fourth-order valence-electron chi connectivity index (χ4n) is 4.11. The van der Waals surface area contributed by atoms with Crippen molar-refractivity contribution < 1.29 is 9.18 Å². The predicted octanol–water partition coefficient (Wildman–Crippen LogP) is 4.27. The van der Waals surface area contributed by atoms with E-state index in [1.807, 2.05) is 19.1 Å². The quantitative estimate of drug-likeness (QED) is 0.654. The summed E-state index contributed by atoms with van der Waals surface area (Å²) in [6, 6.07) is 18.5. The summed E-state index contributed by atoms with van der Waals surface area (Å²) in [7, 11) is 1.78. The summed E-state index contributed by atoms with van der Waals surface area (Å²) in [5, 5.41) is 3.46. The van der Waals surface area contributed by atoms with Gasteiger partial charge in [-0.25, -0.2) is 4.39 Å². The fraction of sp³-hybridized carbons (Fsp3) is 0.308. The number of anilines is 1. The summed E-state index contributed by atoms with van der Waals surface area (Å²) in [6.45, 7) is 8.05. The molecule has 1 N–H and O–H groups in total. The number of amides is 1. The van der Waals surface area contributed by atoms with Gasteiger partial charge in [-0.2, -0.15) is 0 Å². The van der Waals surface area contributed by atoms with Gasteiger partial charge in [-0.05, 0) is 67.9 Å². The van der Waals surface area contributed by atoms with E-state index in [9.17, 15) is 9.18 Å². The topological polar surface area (TPSA) is 48.5 Å². The molecule has 1 atom stereocenters. The van der Waals surface area contributed by atoms with Gasteiger partial charge in [-0.15, -0.1) is 0 Å². The van der Waals surface area contributed by atoms with Crippen LogP contribution >= 0.6 is 0 Å². The highest BCUT2D eigenvalue weighted by molar-refractivity contribution is 6.06. The molecule has 2 heterocycles. The molecule has 0 bridgehead atoms. The summed E-state index contributed by atoms with van der Waals surface area (Å²) in [6.07, 6.45) is 0. The average Bonchev–Trinajstić information content (AvgIpc) is 2.79. The van der Waals surface area contributed by atoms with Crippen LogP contribution in [-0.4, -0.2) is 48.5 Å². The van der Waals surface area contributed by atoms with Gasteiger partial charge < -0.3 is 10.2 Å². The van der Waals surface area contributed by atoms with Crippen LogP contribution in [0.4, 0.5) is 10.1 Å². The molecular formula is C26H29FN4O. The van der Waals surface area contributed by atoms with Gasteiger partial charge >= 0.3 is 0 Å². The second-order valence-corrected chi connectivity index (χ2v) is 8.46. The van der Waals surface area contributed by atoms with Crippen LogP contribution in [0.3, 0.4) is 0 Å². The van der Waals surface area contributed by atoms with Gasteiger partial charge in [0.05, 0.1) is 17.0 Å². The number of aromatic nitrogens is 1. The third-order valence-corrected chi connectivity index (χ3v) is 5.94. The molecule has 1 aliphatic heterocycles. The number of rotatable bonds is 5. The molecule has 32 heavy (non-hydrogen) atoms. The van der Waals surface area contributed by atoms with E-state index in [4.69, 9.17) is 0 Å². The van der Waals surface area contributed by atoms with Gasteiger partial charge in [0.2, 0.25) is 0 Å². The summed E-state index contributed by atoms with van der Waals surface area (Å²) in [5.74, 6) is -0.392. The molecule has 1 amide bonds. The molecule has 1 fully saturated rings. The van der Waals surface area contributed by atoms with Crippen molar-refractivity contribution in [3.05, 3.63) is 83.3 Å². The van der Waals surface area contributed by atoms with E-state index >= 15 is 0 Å². The first-order valence-electron chi connectivity index (χ1n) is 11.0. The number of piperazine rings is 1. The first-order chi connectivity index (χ1) is 15.4. The van der Waals surface area contributed by atoms with Crippen LogP contribution in [0.2, 0.25) is 0 Å². The minimum atomic E-state index is -0.285. The van der Waals surface area contributed by atoms with E-state index < -0.39 is 0 Å². The van der Waals surface area contributed by atoms with Crippen LogP contribution in [0.25, 0.3) is 11.3 Å². The number of aryl methyl sites for hydroxylation is 1. The lowest BCUT2D eigenvalue weighted by molar-refractivity contribution is 0.0992. The summed E-state index contributed by atoms with van der Waals surface area (Å²) < 4.78 is 13.2. The third kappa shape index (κ3) is 5.03. The van der Waals surface area contributed by atoms with Gasteiger partial charge in [-0.1, -0.05) is 12.1 Å². The Morgan fingerprint density at radius 3 is 2.50 bits per heavy atom. The van der Waals surface area contributed by atoms with Crippen LogP contribution in [0, 0.1) is 12.7 Å². The summed E-state index contributed by atoms with van der Waals surface area (Å²) in [4.78, 5) is 21.8. The molecule has 0 saturated carbocycles. The summed E-state index contributed by atoms with van der Waals surface area (Å²) in [5.41, 5.74) is 4.81. The molecule has 1 aliphatic rings. The predicted molar refractivity (Wildman–Crippen MR) is 126 cm³/mol. The Balaban J connectivity index is 1.45. The Morgan fingerprint density at radius 1 is 1.12 bits per heavy atom. The van der Waals surface area contributed by atoms with E-state index in [1.54, 1.807) is 36.2 Å². The van der Waals surface area contributed by atoms with Crippen molar-refractivity contribution >= 4 is 11.6 Å². The van der Waals surface area contributed by atoms with E-state index in [0.717, 1.165) is 37.4 Å². The highest BCUT2D eigenvalue weighted by Crippen LogP contribution is 2.22. The maximum absolute atomic E-state index is 13.2. The van der Waals surface area contributed by atoms with E-state index in [2.05, 4.69) is 34.3 Å². The van der Waals surface area contributed by atoms with E-state index in [0.29, 0.717) is 23.0 Å². The first kappa shape index (κ1) is 22.1. The number of nitrogens with one attached hydrogen (secondary N) is 1. The minimum Gasteiger partial charge on any atom is -0.312 e. The van der Waals surface area contributed by atoms with Crippen molar-refractivity contribution in [2.24, 2.45) is 0 Å². The standard InChI is InChI=1S/C26H29FN4O/c1-18-16-31(15-14-28-18)17-20-4-10-23(11-5-20)30(3)26(32)24-12-13-25(29-19(24)2)21-6-8-22(27)9-7-21/h4-13,18,28H,14-17H2,1-3H3/t18-/m1/s1. The lowest BCUT2D eigenvalue weighted by Crippen LogP contribution is -2.48. The highest BCUT2D eigenvalue weighted by Gasteiger charge is 2.18. The van der Waals surface area contributed by atoms with Crippen LogP contribution in [0.15, 0.2) is 60.7 Å². The van der Waals surface area contributed by atoms with Gasteiger partial charge in [0, 0.05) is 50.5 Å². The fourth-order valence-corrected chi connectivity index (χ4v) is 4.11. The molecule has 1 aromatic heterocycles. The molecule has 3 aromatic rings. The highest BCUT2D eigenvalue weighted by atomic mass is 19.1.